The minimum Gasteiger partial charge on any atom is -0.380 e. The first-order chi connectivity index (χ1) is 17.7. The Hall–Kier alpha value is -3.54. The molecule has 6 nitrogen and oxygen atoms in total. The molecule has 1 fully saturated rings. The number of nitrogens with zero attached hydrogens (tertiary/aromatic N) is 2. The molecule has 0 unspecified atom stereocenters. The van der Waals surface area contributed by atoms with Crippen LogP contribution in [0.3, 0.4) is 0 Å². The molecule has 2 aromatic carbocycles. The number of piperidine rings is 1. The Labute approximate surface area is 218 Å². The van der Waals surface area contributed by atoms with Crippen LogP contribution in [0.1, 0.15) is 35.0 Å². The van der Waals surface area contributed by atoms with E-state index in [0.717, 1.165) is 30.3 Å². The zero-order chi connectivity index (χ0) is 27.8. The highest BCUT2D eigenvalue weighted by Crippen LogP contribution is 2.35. The number of pyridine rings is 1. The van der Waals surface area contributed by atoms with Gasteiger partial charge in [0.2, 0.25) is 5.91 Å². The minimum atomic E-state index is -4.71. The molecule has 1 saturated heterocycles. The number of rotatable bonds is 4. The van der Waals surface area contributed by atoms with Gasteiger partial charge in [-0.15, -0.1) is 0 Å². The van der Waals surface area contributed by atoms with E-state index >= 15 is 0 Å². The number of anilines is 1. The fourth-order valence-corrected chi connectivity index (χ4v) is 4.50. The summed E-state index contributed by atoms with van der Waals surface area (Å²) in [5.41, 5.74) is -1.85. The van der Waals surface area contributed by atoms with Gasteiger partial charge in [-0.25, -0.2) is 4.98 Å². The first-order valence-electron chi connectivity index (χ1n) is 11.4. The van der Waals surface area contributed by atoms with Crippen LogP contribution in [0.5, 0.6) is 0 Å². The van der Waals surface area contributed by atoms with Gasteiger partial charge in [-0.2, -0.15) is 26.3 Å². The third-order valence-corrected chi connectivity index (χ3v) is 6.36. The molecule has 2 amide bonds. The highest BCUT2D eigenvalue weighted by Gasteiger charge is 2.35. The summed E-state index contributed by atoms with van der Waals surface area (Å²) in [6.45, 7) is 1.59. The molecule has 3 aromatic rings. The van der Waals surface area contributed by atoms with E-state index in [1.54, 1.807) is 0 Å². The molecule has 1 aromatic heterocycles. The summed E-state index contributed by atoms with van der Waals surface area (Å²) in [4.78, 5) is 30.0. The van der Waals surface area contributed by atoms with Gasteiger partial charge in [0.15, 0.2) is 0 Å². The van der Waals surface area contributed by atoms with Crippen LogP contribution in [0.2, 0.25) is 5.02 Å². The van der Waals surface area contributed by atoms with E-state index in [-0.39, 0.29) is 47.2 Å². The molecule has 13 heteroatoms. The van der Waals surface area contributed by atoms with Crippen LogP contribution in [0.25, 0.3) is 10.9 Å². The van der Waals surface area contributed by atoms with Crippen molar-refractivity contribution in [3.8, 4) is 0 Å². The Morgan fingerprint density at radius 1 is 0.947 bits per heavy atom. The molecule has 202 valence electrons. The summed E-state index contributed by atoms with van der Waals surface area (Å²) in [5, 5.41) is 6.39. The Morgan fingerprint density at radius 3 is 2.21 bits per heavy atom. The zero-order valence-electron chi connectivity index (χ0n) is 19.8. The molecule has 2 atom stereocenters. The van der Waals surface area contributed by atoms with Crippen molar-refractivity contribution >= 4 is 40.0 Å². The smallest absolute Gasteiger partial charge is 0.380 e. The van der Waals surface area contributed by atoms with Crippen molar-refractivity contribution in [2.75, 3.05) is 18.4 Å². The van der Waals surface area contributed by atoms with E-state index < -0.39 is 41.6 Å². The molecule has 1 aliphatic rings. The number of halogens is 7. The number of alkyl halides is 6. The van der Waals surface area contributed by atoms with Crippen molar-refractivity contribution in [3.63, 3.8) is 0 Å². The maximum absolute atomic E-state index is 13.5. The number of aromatic nitrogens is 1. The van der Waals surface area contributed by atoms with E-state index in [2.05, 4.69) is 15.6 Å². The van der Waals surface area contributed by atoms with Crippen LogP contribution in [-0.2, 0) is 17.1 Å². The molecule has 1 aliphatic heterocycles. The molecule has 0 radical (unpaired) electrons. The van der Waals surface area contributed by atoms with Crippen molar-refractivity contribution in [3.05, 3.63) is 70.4 Å². The summed E-state index contributed by atoms with van der Waals surface area (Å²) < 4.78 is 79.0. The number of benzene rings is 2. The fraction of sp³-hybridized carbons (Fsp3) is 0.320. The van der Waals surface area contributed by atoms with Crippen molar-refractivity contribution < 1.29 is 35.9 Å². The molecule has 38 heavy (non-hydrogen) atoms. The van der Waals surface area contributed by atoms with Gasteiger partial charge in [0.25, 0.3) is 5.91 Å². The van der Waals surface area contributed by atoms with Gasteiger partial charge in [-0.3, -0.25) is 9.59 Å². The second-order valence-corrected chi connectivity index (χ2v) is 9.40. The molecule has 0 spiro atoms. The molecule has 0 bridgehead atoms. The van der Waals surface area contributed by atoms with E-state index in [9.17, 15) is 35.9 Å². The van der Waals surface area contributed by atoms with Gasteiger partial charge in [0.1, 0.15) is 5.69 Å². The minimum absolute atomic E-state index is 0.00736. The van der Waals surface area contributed by atoms with E-state index in [1.807, 2.05) is 0 Å². The zero-order valence-corrected chi connectivity index (χ0v) is 20.5. The fourth-order valence-electron chi connectivity index (χ4n) is 4.33. The van der Waals surface area contributed by atoms with Crippen molar-refractivity contribution in [2.24, 2.45) is 0 Å². The summed E-state index contributed by atoms with van der Waals surface area (Å²) in [6, 6.07) is 7.60. The summed E-state index contributed by atoms with van der Waals surface area (Å²) in [6.07, 6.45) is -9.03. The molecular weight excluding hydrogens is 538 g/mol. The topological polar surface area (TPSA) is 74.3 Å². The lowest BCUT2D eigenvalue weighted by molar-refractivity contribution is -0.141. The second kappa shape index (κ2) is 10.3. The Bertz CT molecular complexity index is 1360. The maximum Gasteiger partial charge on any atom is 0.433 e. The molecule has 0 aliphatic carbocycles. The highest BCUT2D eigenvalue weighted by atomic mass is 35.5. The Kier molecular flexibility index (Phi) is 7.46. The van der Waals surface area contributed by atoms with E-state index in [4.69, 9.17) is 11.6 Å². The first-order valence-corrected chi connectivity index (χ1v) is 11.8. The number of carbonyl (C=O) groups is 2. The predicted molar refractivity (Wildman–Crippen MR) is 129 cm³/mol. The number of hydrogen-bond acceptors (Lipinski definition) is 4. The summed E-state index contributed by atoms with van der Waals surface area (Å²) in [7, 11) is 0. The van der Waals surface area contributed by atoms with Crippen molar-refractivity contribution in [2.45, 2.75) is 37.8 Å². The van der Waals surface area contributed by atoms with Crippen LogP contribution in [0, 0.1) is 0 Å². The number of fused-ring (bicyclic) bond motifs is 1. The van der Waals surface area contributed by atoms with Crippen molar-refractivity contribution in [1.82, 2.24) is 15.2 Å². The van der Waals surface area contributed by atoms with Gasteiger partial charge in [-0.1, -0.05) is 11.6 Å². The third-order valence-electron chi connectivity index (χ3n) is 6.13. The third kappa shape index (κ3) is 6.29. The largest absolute Gasteiger partial charge is 0.433 e. The normalized spacial score (nSPS) is 18.4. The van der Waals surface area contributed by atoms with E-state index in [1.165, 1.54) is 30.0 Å². The monoisotopic (exact) mass is 558 g/mol. The second-order valence-electron chi connectivity index (χ2n) is 8.96. The van der Waals surface area contributed by atoms with Gasteiger partial charge >= 0.3 is 12.4 Å². The summed E-state index contributed by atoms with van der Waals surface area (Å²) in [5.74, 6) is -0.961. The standard InChI is InChI=1S/C25H21ClF6N4O2/c1-13(37)36-11-17(9-18(12-36)34-23(38)14-2-4-15(5-3-14)24(27,28)29)33-21-10-22(25(30,31)32)35-20-7-6-16(26)8-19(20)21/h2-8,10,17-18H,9,11-12H2,1H3,(H,33,35)(H,34,38)/t17-,18+/m1/s1. The van der Waals surface area contributed by atoms with Crippen LogP contribution in [0.4, 0.5) is 32.0 Å². The SMILES string of the molecule is CC(=O)N1C[C@@H](NC(=O)c2ccc(C(F)(F)F)cc2)C[C@@H](Nc2cc(C(F)(F)F)nc3ccc(Cl)cc23)C1. The van der Waals surface area contributed by atoms with E-state index in [0.29, 0.717) is 5.39 Å². The van der Waals surface area contributed by atoms with Gasteiger partial charge in [-0.05, 0) is 55.0 Å². The number of likely N-dealkylation sites (tertiary alicyclic amines) is 1. The predicted octanol–water partition coefficient (Wildman–Crippen LogP) is 5.76. The van der Waals surface area contributed by atoms with Crippen LogP contribution < -0.4 is 10.6 Å². The Balaban J connectivity index is 1.58. The average Bonchev–Trinajstić information content (AvgIpc) is 2.83. The molecular formula is C25H21ClF6N4O2. The van der Waals surface area contributed by atoms with Crippen LogP contribution in [-0.4, -0.2) is 46.9 Å². The molecule has 4 rings (SSSR count). The molecule has 0 saturated carbocycles. The average molecular weight is 559 g/mol. The maximum atomic E-state index is 13.5. The number of nitrogens with one attached hydrogen (secondary N) is 2. The number of carbonyl (C=O) groups excluding carboxylic acids is 2. The number of amides is 2. The first kappa shape index (κ1) is 27.5. The molecule has 2 heterocycles. The quantitative estimate of drug-likeness (QED) is 0.400. The lowest BCUT2D eigenvalue weighted by Crippen LogP contribution is -2.55. The lowest BCUT2D eigenvalue weighted by atomic mass is 9.99. The highest BCUT2D eigenvalue weighted by molar-refractivity contribution is 6.31. The van der Waals surface area contributed by atoms with Crippen LogP contribution in [0.15, 0.2) is 48.5 Å². The molecule has 2 N–H and O–H groups in total. The lowest BCUT2D eigenvalue weighted by Gasteiger charge is -2.38. The van der Waals surface area contributed by atoms with Crippen molar-refractivity contribution in [1.29, 1.82) is 0 Å². The summed E-state index contributed by atoms with van der Waals surface area (Å²) >= 11 is 6.06. The van der Waals surface area contributed by atoms with Crippen LogP contribution >= 0.6 is 11.6 Å². The van der Waals surface area contributed by atoms with Gasteiger partial charge in [0, 0.05) is 53.8 Å². The number of hydrogen-bond donors (Lipinski definition) is 2. The van der Waals surface area contributed by atoms with Gasteiger partial charge in [0.05, 0.1) is 11.1 Å². The van der Waals surface area contributed by atoms with Gasteiger partial charge < -0.3 is 15.5 Å². The Morgan fingerprint density at radius 2 is 1.61 bits per heavy atom.